The molecule has 2 N–H and O–H groups in total. The third-order valence-corrected chi connectivity index (χ3v) is 2.89. The first-order chi connectivity index (χ1) is 9.76. The lowest BCUT2D eigenvalue weighted by atomic mass is 10.0. The van der Waals surface area contributed by atoms with E-state index in [-0.39, 0.29) is 0 Å². The van der Waals surface area contributed by atoms with Gasteiger partial charge in [-0.1, -0.05) is 19.1 Å². The summed E-state index contributed by atoms with van der Waals surface area (Å²) in [6.07, 6.45) is 2.72. The number of carbonyl (C=O) groups is 1. The topological polar surface area (TPSA) is 50.4 Å². The molecule has 0 heterocycles. The Balaban J connectivity index is 2.94. The number of benzene rings is 1. The first kappa shape index (κ1) is 17.1. The fraction of sp³-hybridized carbons (Fsp3) is 0.471. The van der Waals surface area contributed by atoms with Crippen molar-refractivity contribution in [1.29, 1.82) is 0 Å². The maximum absolute atomic E-state index is 11.8. The highest BCUT2D eigenvalue weighted by atomic mass is 16.6. The van der Waals surface area contributed by atoms with Gasteiger partial charge in [-0.15, -0.1) is 0 Å². The minimum absolute atomic E-state index is 0.451. The minimum Gasteiger partial charge on any atom is -0.444 e. The highest BCUT2D eigenvalue weighted by Crippen LogP contribution is 2.27. The predicted octanol–water partition coefficient (Wildman–Crippen LogP) is 4.89. The van der Waals surface area contributed by atoms with Crippen LogP contribution in [-0.2, 0) is 4.74 Å². The highest BCUT2D eigenvalue weighted by Gasteiger charge is 2.17. The van der Waals surface area contributed by atoms with E-state index in [0.717, 1.165) is 17.7 Å². The predicted molar refractivity (Wildman–Crippen MR) is 89.8 cm³/mol. The lowest BCUT2D eigenvalue weighted by Gasteiger charge is -2.20. The summed E-state index contributed by atoms with van der Waals surface area (Å²) in [7, 11) is 1.83. The molecule has 0 radical (unpaired) electrons. The summed E-state index contributed by atoms with van der Waals surface area (Å²) in [6, 6.07) is 5.90. The van der Waals surface area contributed by atoms with Gasteiger partial charge in [0, 0.05) is 7.05 Å². The zero-order valence-corrected chi connectivity index (χ0v) is 13.8. The Morgan fingerprint density at radius 1 is 1.29 bits per heavy atom. The van der Waals surface area contributed by atoms with Crippen LogP contribution < -0.4 is 10.6 Å². The van der Waals surface area contributed by atoms with E-state index in [1.807, 2.05) is 46.0 Å². The number of anilines is 2. The average molecular weight is 290 g/mol. The third-order valence-electron chi connectivity index (χ3n) is 2.89. The normalized spacial score (nSPS) is 12.0. The van der Waals surface area contributed by atoms with E-state index in [1.54, 1.807) is 0 Å². The van der Waals surface area contributed by atoms with E-state index >= 15 is 0 Å². The van der Waals surface area contributed by atoms with Gasteiger partial charge < -0.3 is 10.1 Å². The summed E-state index contributed by atoms with van der Waals surface area (Å²) in [5.41, 5.74) is 3.42. The van der Waals surface area contributed by atoms with Gasteiger partial charge in [-0.25, -0.2) is 4.79 Å². The highest BCUT2D eigenvalue weighted by molar-refractivity contribution is 5.90. The number of rotatable bonds is 4. The second-order valence-corrected chi connectivity index (χ2v) is 5.93. The van der Waals surface area contributed by atoms with Crippen LogP contribution >= 0.6 is 0 Å². The fourth-order valence-electron chi connectivity index (χ4n) is 1.94. The molecule has 1 rings (SSSR count). The van der Waals surface area contributed by atoms with Gasteiger partial charge in [-0.2, -0.15) is 0 Å². The molecule has 0 aromatic heterocycles. The number of carbonyl (C=O) groups excluding carboxylic acids is 1. The number of nitrogens with one attached hydrogen (secondary N) is 2. The zero-order chi connectivity index (χ0) is 16.0. The van der Waals surface area contributed by atoms with Crippen LogP contribution in [0.15, 0.2) is 24.3 Å². The maximum atomic E-state index is 11.8. The summed E-state index contributed by atoms with van der Waals surface area (Å²) in [5.74, 6) is 0. The van der Waals surface area contributed by atoms with Crippen LogP contribution in [0.5, 0.6) is 0 Å². The molecule has 116 valence electrons. The van der Waals surface area contributed by atoms with Crippen LogP contribution in [0.25, 0.3) is 5.57 Å². The molecule has 4 heteroatoms. The molecule has 0 aliphatic rings. The van der Waals surface area contributed by atoms with Crippen molar-refractivity contribution in [1.82, 2.24) is 0 Å². The standard InChI is InChI=1S/C17H26N2O2/c1-7-8-12(2)13-9-10-14(15(11-13)18-6)19-16(20)21-17(3,4)5/h8-11,18H,7H2,1-6H3,(H,19,20)/b12-8+. The average Bonchev–Trinajstić information content (AvgIpc) is 2.37. The maximum Gasteiger partial charge on any atom is 0.412 e. The smallest absolute Gasteiger partial charge is 0.412 e. The van der Waals surface area contributed by atoms with Crippen molar-refractivity contribution in [2.45, 2.75) is 46.6 Å². The van der Waals surface area contributed by atoms with Crippen LogP contribution in [0.2, 0.25) is 0 Å². The van der Waals surface area contributed by atoms with Gasteiger partial charge >= 0.3 is 6.09 Å². The molecule has 0 unspecified atom stereocenters. The van der Waals surface area contributed by atoms with E-state index in [4.69, 9.17) is 4.74 Å². The molecule has 21 heavy (non-hydrogen) atoms. The Kier molecular flexibility index (Phi) is 5.82. The van der Waals surface area contributed by atoms with Crippen molar-refractivity contribution in [3.8, 4) is 0 Å². The van der Waals surface area contributed by atoms with Gasteiger partial charge in [0.15, 0.2) is 0 Å². The first-order valence-electron chi connectivity index (χ1n) is 7.25. The molecular weight excluding hydrogens is 264 g/mol. The van der Waals surface area contributed by atoms with Crippen molar-refractivity contribution in [2.24, 2.45) is 0 Å². The molecule has 0 spiro atoms. The van der Waals surface area contributed by atoms with Crippen molar-refractivity contribution < 1.29 is 9.53 Å². The number of hydrogen-bond donors (Lipinski definition) is 2. The Bertz CT molecular complexity index is 528. The number of hydrogen-bond acceptors (Lipinski definition) is 3. The first-order valence-corrected chi connectivity index (χ1v) is 7.25. The van der Waals surface area contributed by atoms with Crippen LogP contribution in [0, 0.1) is 0 Å². The monoisotopic (exact) mass is 290 g/mol. The molecule has 0 bridgehead atoms. The van der Waals surface area contributed by atoms with Crippen LogP contribution in [0.4, 0.5) is 16.2 Å². The van der Waals surface area contributed by atoms with Crippen molar-refractivity contribution in [3.63, 3.8) is 0 Å². The molecule has 4 nitrogen and oxygen atoms in total. The molecule has 1 aromatic rings. The second kappa shape index (κ2) is 7.16. The molecule has 0 aliphatic carbocycles. The summed E-state index contributed by atoms with van der Waals surface area (Å²) < 4.78 is 5.27. The fourth-order valence-corrected chi connectivity index (χ4v) is 1.94. The zero-order valence-electron chi connectivity index (χ0n) is 13.8. The van der Waals surface area contributed by atoms with Crippen molar-refractivity contribution in [3.05, 3.63) is 29.8 Å². The number of ether oxygens (including phenoxy) is 1. The molecule has 1 amide bonds. The minimum atomic E-state index is -0.510. The van der Waals surface area contributed by atoms with Crippen molar-refractivity contribution in [2.75, 3.05) is 17.7 Å². The van der Waals surface area contributed by atoms with Crippen LogP contribution in [0.3, 0.4) is 0 Å². The van der Waals surface area contributed by atoms with Gasteiger partial charge in [-0.05, 0) is 57.4 Å². The second-order valence-electron chi connectivity index (χ2n) is 5.93. The Labute approximate surface area is 127 Å². The van der Waals surface area contributed by atoms with E-state index in [1.165, 1.54) is 5.57 Å². The van der Waals surface area contributed by atoms with Gasteiger partial charge in [0.05, 0.1) is 11.4 Å². The van der Waals surface area contributed by atoms with Gasteiger partial charge in [0.25, 0.3) is 0 Å². The van der Waals surface area contributed by atoms with Gasteiger partial charge in [0.1, 0.15) is 5.60 Å². The van der Waals surface area contributed by atoms with Gasteiger partial charge in [-0.3, -0.25) is 5.32 Å². The quantitative estimate of drug-likeness (QED) is 0.830. The molecule has 0 saturated carbocycles. The lowest BCUT2D eigenvalue weighted by molar-refractivity contribution is 0.0636. The summed E-state index contributed by atoms with van der Waals surface area (Å²) in [4.78, 5) is 11.8. The van der Waals surface area contributed by atoms with Crippen LogP contribution in [0.1, 0.15) is 46.6 Å². The Morgan fingerprint density at radius 2 is 1.95 bits per heavy atom. The summed E-state index contributed by atoms with van der Waals surface area (Å²) >= 11 is 0. The molecule has 0 aliphatic heterocycles. The Morgan fingerprint density at radius 3 is 2.48 bits per heavy atom. The van der Waals surface area contributed by atoms with E-state index in [0.29, 0.717) is 5.69 Å². The number of amides is 1. The van der Waals surface area contributed by atoms with Crippen LogP contribution in [-0.4, -0.2) is 18.7 Å². The SMILES string of the molecule is CC/C=C(\C)c1ccc(NC(=O)OC(C)(C)C)c(NC)c1. The molecule has 0 atom stereocenters. The molecule has 0 fully saturated rings. The summed E-state index contributed by atoms with van der Waals surface area (Å²) in [6.45, 7) is 9.72. The summed E-state index contributed by atoms with van der Waals surface area (Å²) in [5, 5.41) is 5.88. The van der Waals surface area contributed by atoms with E-state index < -0.39 is 11.7 Å². The Hall–Kier alpha value is -1.97. The van der Waals surface area contributed by atoms with Crippen molar-refractivity contribution >= 4 is 23.0 Å². The lowest BCUT2D eigenvalue weighted by Crippen LogP contribution is -2.27. The van der Waals surface area contributed by atoms with E-state index in [2.05, 4.69) is 30.6 Å². The third kappa shape index (κ3) is 5.50. The largest absolute Gasteiger partial charge is 0.444 e. The molecule has 1 aromatic carbocycles. The van der Waals surface area contributed by atoms with E-state index in [9.17, 15) is 4.79 Å². The molecule has 0 saturated heterocycles. The molecular formula is C17H26N2O2. The number of allylic oxidation sites excluding steroid dienone is 2. The van der Waals surface area contributed by atoms with Gasteiger partial charge in [0.2, 0.25) is 0 Å².